The van der Waals surface area contributed by atoms with E-state index in [9.17, 15) is 9.18 Å². The fraction of sp³-hybridized carbons (Fsp3) is 0.158. The standard InChI is InChI=1S/C19H15FN2O2S/c1-11-13-9-12(20)7-8-15(13)24-18(11)19(23)22(2)10-17-21-14-5-3-4-6-16(14)25-17/h3-9H,10H2,1-2H3. The molecule has 0 bridgehead atoms. The molecule has 1 amide bonds. The topological polar surface area (TPSA) is 46.3 Å². The monoisotopic (exact) mass is 354 g/mol. The lowest BCUT2D eigenvalue weighted by molar-refractivity contribution is 0.0755. The lowest BCUT2D eigenvalue weighted by Crippen LogP contribution is -2.26. The smallest absolute Gasteiger partial charge is 0.290 e. The minimum absolute atomic E-state index is 0.240. The summed E-state index contributed by atoms with van der Waals surface area (Å²) in [6.07, 6.45) is 0. The highest BCUT2D eigenvalue weighted by Crippen LogP contribution is 2.28. The number of amides is 1. The van der Waals surface area contributed by atoms with Gasteiger partial charge in [-0.2, -0.15) is 0 Å². The molecule has 6 heteroatoms. The second-order valence-corrected chi connectivity index (χ2v) is 7.05. The van der Waals surface area contributed by atoms with E-state index in [0.717, 1.165) is 15.2 Å². The predicted molar refractivity (Wildman–Crippen MR) is 96.3 cm³/mol. The molecule has 126 valence electrons. The molecule has 0 saturated heterocycles. The van der Waals surface area contributed by atoms with Gasteiger partial charge in [0.25, 0.3) is 5.91 Å². The van der Waals surface area contributed by atoms with Crippen LogP contribution in [0.5, 0.6) is 0 Å². The van der Waals surface area contributed by atoms with Gasteiger partial charge in [-0.05, 0) is 37.3 Å². The highest BCUT2D eigenvalue weighted by atomic mass is 32.1. The summed E-state index contributed by atoms with van der Waals surface area (Å²) >= 11 is 1.56. The lowest BCUT2D eigenvalue weighted by atomic mass is 10.1. The van der Waals surface area contributed by atoms with Crippen LogP contribution in [0.3, 0.4) is 0 Å². The van der Waals surface area contributed by atoms with Crippen LogP contribution in [0, 0.1) is 12.7 Å². The highest BCUT2D eigenvalue weighted by Gasteiger charge is 2.22. The first kappa shape index (κ1) is 15.8. The number of aromatic nitrogens is 1. The summed E-state index contributed by atoms with van der Waals surface area (Å²) in [5.41, 5.74) is 2.09. The third kappa shape index (κ3) is 2.78. The number of benzene rings is 2. The number of para-hydroxylation sites is 1. The van der Waals surface area contributed by atoms with Crippen LogP contribution in [0.25, 0.3) is 21.2 Å². The van der Waals surface area contributed by atoms with Gasteiger partial charge in [0, 0.05) is 18.0 Å². The maximum atomic E-state index is 13.4. The number of halogens is 1. The van der Waals surface area contributed by atoms with E-state index in [-0.39, 0.29) is 17.5 Å². The van der Waals surface area contributed by atoms with Crippen molar-refractivity contribution in [2.45, 2.75) is 13.5 Å². The van der Waals surface area contributed by atoms with Crippen LogP contribution >= 0.6 is 11.3 Å². The minimum atomic E-state index is -0.349. The molecule has 0 radical (unpaired) electrons. The molecule has 0 aliphatic heterocycles. The van der Waals surface area contributed by atoms with E-state index >= 15 is 0 Å². The van der Waals surface area contributed by atoms with Crippen molar-refractivity contribution >= 4 is 38.4 Å². The number of furan rings is 1. The van der Waals surface area contributed by atoms with Crippen molar-refractivity contribution in [3.05, 3.63) is 64.6 Å². The highest BCUT2D eigenvalue weighted by molar-refractivity contribution is 7.18. The van der Waals surface area contributed by atoms with Gasteiger partial charge in [-0.25, -0.2) is 9.37 Å². The average molecular weight is 354 g/mol. The number of hydrogen-bond acceptors (Lipinski definition) is 4. The van der Waals surface area contributed by atoms with Crippen molar-refractivity contribution in [1.29, 1.82) is 0 Å². The Morgan fingerprint density at radius 1 is 1.28 bits per heavy atom. The zero-order valence-corrected chi connectivity index (χ0v) is 14.6. The van der Waals surface area contributed by atoms with E-state index in [2.05, 4.69) is 4.98 Å². The van der Waals surface area contributed by atoms with Crippen molar-refractivity contribution in [3.63, 3.8) is 0 Å². The zero-order valence-electron chi connectivity index (χ0n) is 13.7. The third-order valence-corrected chi connectivity index (χ3v) is 5.17. The van der Waals surface area contributed by atoms with Crippen molar-refractivity contribution in [1.82, 2.24) is 9.88 Å². The number of rotatable bonds is 3. The molecule has 0 N–H and O–H groups in total. The Balaban J connectivity index is 1.62. The quantitative estimate of drug-likeness (QED) is 0.533. The molecule has 2 aromatic heterocycles. The summed E-state index contributed by atoms with van der Waals surface area (Å²) in [7, 11) is 1.71. The van der Waals surface area contributed by atoms with Gasteiger partial charge in [0.1, 0.15) is 16.4 Å². The van der Waals surface area contributed by atoms with Crippen LogP contribution in [0.1, 0.15) is 21.1 Å². The van der Waals surface area contributed by atoms with E-state index in [1.807, 2.05) is 24.3 Å². The van der Waals surface area contributed by atoms with E-state index in [4.69, 9.17) is 4.42 Å². The van der Waals surface area contributed by atoms with Gasteiger partial charge >= 0.3 is 0 Å². The number of carbonyl (C=O) groups excluding carboxylic acids is 1. The summed E-state index contributed by atoms with van der Waals surface area (Å²) in [6.45, 7) is 2.16. The first-order valence-electron chi connectivity index (χ1n) is 7.81. The van der Waals surface area contributed by atoms with Gasteiger partial charge < -0.3 is 9.32 Å². The van der Waals surface area contributed by atoms with Gasteiger partial charge in [-0.3, -0.25) is 4.79 Å². The van der Waals surface area contributed by atoms with E-state index in [1.54, 1.807) is 36.3 Å². The Labute approximate surface area is 147 Å². The second-order valence-electron chi connectivity index (χ2n) is 5.93. The fourth-order valence-corrected chi connectivity index (χ4v) is 3.85. The molecule has 0 fully saturated rings. The fourth-order valence-electron chi connectivity index (χ4n) is 2.83. The van der Waals surface area contributed by atoms with Crippen molar-refractivity contribution in [3.8, 4) is 0 Å². The second kappa shape index (κ2) is 5.97. The molecule has 0 aliphatic rings. The van der Waals surface area contributed by atoms with Crippen LogP contribution in [0.15, 0.2) is 46.9 Å². The Morgan fingerprint density at radius 3 is 2.88 bits per heavy atom. The number of aryl methyl sites for hydroxylation is 1. The molecular formula is C19H15FN2O2S. The summed E-state index contributed by atoms with van der Waals surface area (Å²) in [5.74, 6) is -0.351. The molecular weight excluding hydrogens is 339 g/mol. The Morgan fingerprint density at radius 2 is 2.08 bits per heavy atom. The zero-order chi connectivity index (χ0) is 17.6. The average Bonchev–Trinajstić information content (AvgIpc) is 3.15. The van der Waals surface area contributed by atoms with Crippen molar-refractivity contribution in [2.75, 3.05) is 7.05 Å². The maximum Gasteiger partial charge on any atom is 0.290 e. The lowest BCUT2D eigenvalue weighted by Gasteiger charge is -2.14. The number of nitrogens with zero attached hydrogens (tertiary/aromatic N) is 2. The Bertz CT molecular complexity index is 1070. The number of fused-ring (bicyclic) bond motifs is 2. The minimum Gasteiger partial charge on any atom is -0.451 e. The SMILES string of the molecule is Cc1c(C(=O)N(C)Cc2nc3ccccc3s2)oc2ccc(F)cc12. The molecule has 4 aromatic rings. The van der Waals surface area contributed by atoms with E-state index in [0.29, 0.717) is 23.1 Å². The van der Waals surface area contributed by atoms with Crippen LogP contribution in [-0.4, -0.2) is 22.8 Å². The summed E-state index contributed by atoms with van der Waals surface area (Å²) < 4.78 is 20.2. The Kier molecular flexibility index (Phi) is 3.77. The number of carbonyl (C=O) groups is 1. The molecule has 0 spiro atoms. The molecule has 0 atom stereocenters. The van der Waals surface area contributed by atoms with Crippen LogP contribution < -0.4 is 0 Å². The van der Waals surface area contributed by atoms with Gasteiger partial charge in [-0.15, -0.1) is 11.3 Å². The summed E-state index contributed by atoms with van der Waals surface area (Å²) in [5, 5.41) is 1.48. The first-order valence-corrected chi connectivity index (χ1v) is 8.63. The largest absolute Gasteiger partial charge is 0.451 e. The molecule has 0 saturated carbocycles. The van der Waals surface area contributed by atoms with Gasteiger partial charge in [0.15, 0.2) is 5.76 Å². The van der Waals surface area contributed by atoms with Crippen LogP contribution in [-0.2, 0) is 6.54 Å². The van der Waals surface area contributed by atoms with Crippen LogP contribution in [0.4, 0.5) is 4.39 Å². The van der Waals surface area contributed by atoms with E-state index in [1.165, 1.54) is 12.1 Å². The molecule has 4 nitrogen and oxygen atoms in total. The summed E-state index contributed by atoms with van der Waals surface area (Å²) in [4.78, 5) is 18.9. The summed E-state index contributed by atoms with van der Waals surface area (Å²) in [6, 6.07) is 12.1. The predicted octanol–water partition coefficient (Wildman–Crippen LogP) is 4.76. The molecule has 2 heterocycles. The van der Waals surface area contributed by atoms with Crippen molar-refractivity contribution < 1.29 is 13.6 Å². The van der Waals surface area contributed by atoms with E-state index < -0.39 is 0 Å². The molecule has 0 unspecified atom stereocenters. The van der Waals surface area contributed by atoms with Gasteiger partial charge in [0.05, 0.1) is 16.8 Å². The first-order chi connectivity index (χ1) is 12.0. The van der Waals surface area contributed by atoms with Crippen molar-refractivity contribution in [2.24, 2.45) is 0 Å². The van der Waals surface area contributed by atoms with Gasteiger partial charge in [0.2, 0.25) is 0 Å². The normalized spacial score (nSPS) is 11.3. The Hall–Kier alpha value is -2.73. The van der Waals surface area contributed by atoms with Gasteiger partial charge in [-0.1, -0.05) is 12.1 Å². The third-order valence-electron chi connectivity index (χ3n) is 4.15. The number of hydrogen-bond donors (Lipinski definition) is 0. The number of thiazole rings is 1. The molecule has 0 aliphatic carbocycles. The molecule has 25 heavy (non-hydrogen) atoms. The maximum absolute atomic E-state index is 13.4. The van der Waals surface area contributed by atoms with Crippen LogP contribution in [0.2, 0.25) is 0 Å². The molecule has 2 aromatic carbocycles. The molecule has 4 rings (SSSR count).